The highest BCUT2D eigenvalue weighted by atomic mass is 32.2. The lowest BCUT2D eigenvalue weighted by atomic mass is 10.3. The van der Waals surface area contributed by atoms with Crippen molar-refractivity contribution in [3.8, 4) is 0 Å². The van der Waals surface area contributed by atoms with E-state index in [-0.39, 0.29) is 11.5 Å². The van der Waals surface area contributed by atoms with Gasteiger partial charge in [0.25, 0.3) is 0 Å². The van der Waals surface area contributed by atoms with Gasteiger partial charge in [-0.3, -0.25) is 9.59 Å². The molecule has 0 unspecified atom stereocenters. The molecule has 0 saturated heterocycles. The van der Waals surface area contributed by atoms with Crippen LogP contribution in [-0.4, -0.2) is 33.4 Å². The largest absolute Gasteiger partial charge is 0.392 e. The van der Waals surface area contributed by atoms with Gasteiger partial charge in [0.15, 0.2) is 8.68 Å². The second-order valence-corrected chi connectivity index (χ2v) is 9.82. The molecule has 136 valence electrons. The number of carbonyl (C=O) groups excluding carboxylic acids is 2. The maximum Gasteiger partial charge on any atom is 0.324 e. The Morgan fingerprint density at radius 1 is 0.778 bits per heavy atom. The van der Waals surface area contributed by atoms with E-state index in [0.717, 1.165) is 29.1 Å². The van der Waals surface area contributed by atoms with E-state index >= 15 is 0 Å². The van der Waals surface area contributed by atoms with Crippen molar-refractivity contribution >= 4 is 78.6 Å². The molecule has 0 aliphatic carbocycles. The molecule has 5 nitrogen and oxygen atoms in total. The molecular formula is C18H12N2O3S4. The number of ether oxygens (including phenoxy) is 1. The van der Waals surface area contributed by atoms with Crippen LogP contribution in [0.1, 0.15) is 0 Å². The molecule has 4 rings (SSSR count). The van der Waals surface area contributed by atoms with Crippen molar-refractivity contribution < 1.29 is 14.3 Å². The van der Waals surface area contributed by atoms with Crippen LogP contribution < -0.4 is 0 Å². The highest BCUT2D eigenvalue weighted by Crippen LogP contribution is 2.30. The first-order valence-electron chi connectivity index (χ1n) is 7.87. The summed E-state index contributed by atoms with van der Waals surface area (Å²) in [7, 11) is 0. The molecule has 0 fully saturated rings. The van der Waals surface area contributed by atoms with E-state index in [0.29, 0.717) is 0 Å². The molecule has 27 heavy (non-hydrogen) atoms. The average molecular weight is 433 g/mol. The number of thioether (sulfide) groups is 2. The van der Waals surface area contributed by atoms with Gasteiger partial charge in [0.1, 0.15) is 0 Å². The third-order valence-electron chi connectivity index (χ3n) is 3.40. The lowest BCUT2D eigenvalue weighted by molar-refractivity contribution is -0.155. The Labute approximate surface area is 171 Å². The minimum Gasteiger partial charge on any atom is -0.392 e. The van der Waals surface area contributed by atoms with Gasteiger partial charge in [-0.1, -0.05) is 47.8 Å². The van der Waals surface area contributed by atoms with Gasteiger partial charge in [-0.15, -0.1) is 22.7 Å². The van der Waals surface area contributed by atoms with E-state index in [9.17, 15) is 9.59 Å². The Hall–Kier alpha value is -1.94. The zero-order chi connectivity index (χ0) is 18.6. The van der Waals surface area contributed by atoms with Crippen LogP contribution in [-0.2, 0) is 14.3 Å². The lowest BCUT2D eigenvalue weighted by Gasteiger charge is -2.00. The number of fused-ring (bicyclic) bond motifs is 2. The first-order valence-corrected chi connectivity index (χ1v) is 11.5. The Morgan fingerprint density at radius 3 is 1.67 bits per heavy atom. The van der Waals surface area contributed by atoms with Gasteiger partial charge in [0.2, 0.25) is 0 Å². The standard InChI is InChI=1S/C18H12N2O3S4/c21-15(9-24-17-19-11-5-1-3-7-13(11)26-17)23-16(22)10-25-18-20-12-6-2-4-8-14(12)27-18/h1-8H,9-10H2. The Kier molecular flexibility index (Phi) is 5.72. The highest BCUT2D eigenvalue weighted by Gasteiger charge is 2.14. The number of carbonyl (C=O) groups is 2. The summed E-state index contributed by atoms with van der Waals surface area (Å²) in [6, 6.07) is 15.6. The summed E-state index contributed by atoms with van der Waals surface area (Å²) in [5.74, 6) is -1.02. The van der Waals surface area contributed by atoms with Crippen molar-refractivity contribution in [1.29, 1.82) is 0 Å². The summed E-state index contributed by atoms with van der Waals surface area (Å²) in [6.07, 6.45) is 0. The molecule has 0 spiro atoms. The van der Waals surface area contributed by atoms with Gasteiger partial charge < -0.3 is 4.74 Å². The second-order valence-electron chi connectivity index (χ2n) is 5.32. The topological polar surface area (TPSA) is 69.2 Å². The number of nitrogens with zero attached hydrogens (tertiary/aromatic N) is 2. The number of rotatable bonds is 6. The summed E-state index contributed by atoms with van der Waals surface area (Å²) in [5, 5.41) is 0. The zero-order valence-electron chi connectivity index (χ0n) is 13.8. The minimum absolute atomic E-state index is 0.0529. The lowest BCUT2D eigenvalue weighted by Crippen LogP contribution is -2.15. The smallest absolute Gasteiger partial charge is 0.324 e. The van der Waals surface area contributed by atoms with E-state index in [1.807, 2.05) is 48.5 Å². The third kappa shape index (κ3) is 4.67. The minimum atomic E-state index is -0.561. The summed E-state index contributed by atoms with van der Waals surface area (Å²) in [6.45, 7) is 0. The fourth-order valence-corrected chi connectivity index (χ4v) is 5.94. The summed E-state index contributed by atoms with van der Waals surface area (Å²) in [4.78, 5) is 32.6. The van der Waals surface area contributed by atoms with Gasteiger partial charge in [0, 0.05) is 0 Å². The maximum absolute atomic E-state index is 11.9. The fourth-order valence-electron chi connectivity index (χ4n) is 2.25. The molecule has 0 bridgehead atoms. The van der Waals surface area contributed by atoms with Gasteiger partial charge in [-0.05, 0) is 24.3 Å². The van der Waals surface area contributed by atoms with Crippen LogP contribution in [0.2, 0.25) is 0 Å². The molecular weight excluding hydrogens is 420 g/mol. The number of hydrogen-bond donors (Lipinski definition) is 0. The first-order chi connectivity index (χ1) is 13.2. The molecule has 2 heterocycles. The van der Waals surface area contributed by atoms with Gasteiger partial charge in [-0.25, -0.2) is 9.97 Å². The van der Waals surface area contributed by atoms with Crippen LogP contribution in [0.5, 0.6) is 0 Å². The van der Waals surface area contributed by atoms with Crippen LogP contribution >= 0.6 is 46.2 Å². The van der Waals surface area contributed by atoms with Crippen LogP contribution in [0.15, 0.2) is 57.2 Å². The van der Waals surface area contributed by atoms with Gasteiger partial charge in [-0.2, -0.15) is 0 Å². The summed E-state index contributed by atoms with van der Waals surface area (Å²) in [5.41, 5.74) is 1.81. The van der Waals surface area contributed by atoms with Crippen molar-refractivity contribution in [1.82, 2.24) is 9.97 Å². The number of thiazole rings is 2. The summed E-state index contributed by atoms with van der Waals surface area (Å²) < 4.78 is 8.57. The predicted octanol–water partition coefficient (Wildman–Crippen LogP) is 4.86. The number of hydrogen-bond acceptors (Lipinski definition) is 9. The molecule has 0 N–H and O–H groups in total. The second kappa shape index (κ2) is 8.39. The molecule has 0 aliphatic heterocycles. The van der Waals surface area contributed by atoms with Gasteiger partial charge >= 0.3 is 11.9 Å². The van der Waals surface area contributed by atoms with Crippen molar-refractivity contribution in [3.63, 3.8) is 0 Å². The average Bonchev–Trinajstić information content (AvgIpc) is 3.27. The Balaban J connectivity index is 1.25. The number of benzene rings is 2. The monoisotopic (exact) mass is 432 g/mol. The van der Waals surface area contributed by atoms with E-state index in [4.69, 9.17) is 4.74 Å². The normalized spacial score (nSPS) is 11.1. The number of esters is 2. The quantitative estimate of drug-likeness (QED) is 0.245. The molecule has 0 saturated carbocycles. The molecule has 2 aromatic carbocycles. The molecule has 4 aromatic rings. The van der Waals surface area contributed by atoms with Gasteiger partial charge in [0.05, 0.1) is 31.9 Å². The molecule has 0 amide bonds. The SMILES string of the molecule is O=C(CSc1nc2ccccc2s1)OC(=O)CSc1nc2ccccc2s1. The van der Waals surface area contributed by atoms with E-state index < -0.39 is 11.9 Å². The summed E-state index contributed by atoms with van der Waals surface area (Å²) >= 11 is 5.59. The van der Waals surface area contributed by atoms with Crippen LogP contribution in [0, 0.1) is 0 Å². The molecule has 0 aliphatic rings. The number of para-hydroxylation sites is 2. The predicted molar refractivity (Wildman–Crippen MR) is 112 cm³/mol. The van der Waals surface area contributed by atoms with E-state index in [1.54, 1.807) is 0 Å². The molecule has 2 aromatic heterocycles. The van der Waals surface area contributed by atoms with Crippen molar-refractivity contribution in [2.45, 2.75) is 8.68 Å². The van der Waals surface area contributed by atoms with Crippen molar-refractivity contribution in [2.24, 2.45) is 0 Å². The Bertz CT molecular complexity index is 968. The molecule has 9 heteroatoms. The van der Waals surface area contributed by atoms with Crippen LogP contribution in [0.4, 0.5) is 0 Å². The first kappa shape index (κ1) is 18.4. The maximum atomic E-state index is 11.9. The van der Waals surface area contributed by atoms with E-state index in [1.165, 1.54) is 46.2 Å². The third-order valence-corrected chi connectivity index (χ3v) is 7.71. The van der Waals surface area contributed by atoms with Crippen LogP contribution in [0.3, 0.4) is 0 Å². The molecule has 0 radical (unpaired) electrons. The molecule has 0 atom stereocenters. The highest BCUT2D eigenvalue weighted by molar-refractivity contribution is 8.02. The van der Waals surface area contributed by atoms with Crippen molar-refractivity contribution in [2.75, 3.05) is 11.5 Å². The van der Waals surface area contributed by atoms with E-state index in [2.05, 4.69) is 9.97 Å². The Morgan fingerprint density at radius 2 is 1.22 bits per heavy atom. The fraction of sp³-hybridized carbons (Fsp3) is 0.111. The van der Waals surface area contributed by atoms with Crippen molar-refractivity contribution in [3.05, 3.63) is 48.5 Å². The number of aromatic nitrogens is 2. The zero-order valence-corrected chi connectivity index (χ0v) is 17.1. The van der Waals surface area contributed by atoms with Crippen LogP contribution in [0.25, 0.3) is 20.4 Å².